The number of nitrogens with zero attached hydrogens (tertiary/aromatic N) is 2. The largest absolute Gasteiger partial charge is 0.482 e. The van der Waals surface area contributed by atoms with Gasteiger partial charge in [0.15, 0.2) is 6.61 Å². The maximum absolute atomic E-state index is 10.8. The molecular weight excluding hydrogens is 404 g/mol. The van der Waals surface area contributed by atoms with E-state index in [2.05, 4.69) is 22.3 Å². The quantitative estimate of drug-likeness (QED) is 0.248. The molecule has 6 heteroatoms. The number of hydrogen-bond acceptors (Lipinski definition) is 5. The first-order valence-electron chi connectivity index (χ1n) is 10.5. The summed E-state index contributed by atoms with van der Waals surface area (Å²) in [6.45, 7) is 0.0491. The Balaban J connectivity index is 1.43. The van der Waals surface area contributed by atoms with Gasteiger partial charge in [-0.1, -0.05) is 53.2 Å². The summed E-state index contributed by atoms with van der Waals surface area (Å²) in [6.07, 6.45) is 8.04. The number of allylic oxidation sites excluding steroid dienone is 1. The molecule has 162 valence electrons. The van der Waals surface area contributed by atoms with Gasteiger partial charge in [0.25, 0.3) is 0 Å². The first-order valence-corrected chi connectivity index (χ1v) is 10.5. The highest BCUT2D eigenvalue weighted by atomic mass is 16.6. The summed E-state index contributed by atoms with van der Waals surface area (Å²) >= 11 is 0. The Morgan fingerprint density at radius 1 is 1.00 bits per heavy atom. The van der Waals surface area contributed by atoms with Crippen LogP contribution >= 0.6 is 0 Å². The van der Waals surface area contributed by atoms with E-state index in [-0.39, 0.29) is 6.61 Å². The van der Waals surface area contributed by atoms with Gasteiger partial charge >= 0.3 is 5.97 Å². The number of rotatable bonds is 8. The molecule has 2 aromatic carbocycles. The lowest BCUT2D eigenvalue weighted by atomic mass is 9.87. The van der Waals surface area contributed by atoms with E-state index in [9.17, 15) is 4.79 Å². The molecule has 6 nitrogen and oxygen atoms in total. The molecule has 0 bridgehead atoms. The van der Waals surface area contributed by atoms with Gasteiger partial charge in [0.2, 0.25) is 0 Å². The summed E-state index contributed by atoms with van der Waals surface area (Å²) in [4.78, 5) is 20.6. The zero-order chi connectivity index (χ0) is 22.2. The second kappa shape index (κ2) is 10.4. The zero-order valence-corrected chi connectivity index (χ0v) is 17.6. The molecule has 0 atom stereocenters. The van der Waals surface area contributed by atoms with Crippen molar-refractivity contribution in [3.05, 3.63) is 107 Å². The van der Waals surface area contributed by atoms with Crippen LogP contribution in [0.15, 0.2) is 89.9 Å². The highest BCUT2D eigenvalue weighted by Crippen LogP contribution is 2.31. The van der Waals surface area contributed by atoms with Gasteiger partial charge in [-0.3, -0.25) is 4.98 Å². The number of hydrogen-bond donors (Lipinski definition) is 1. The first kappa shape index (κ1) is 21.3. The Bertz CT molecular complexity index is 1080. The summed E-state index contributed by atoms with van der Waals surface area (Å²) in [6, 6.07) is 19.5. The van der Waals surface area contributed by atoms with Crippen molar-refractivity contribution >= 4 is 11.7 Å². The molecule has 1 aromatic heterocycles. The van der Waals surface area contributed by atoms with Gasteiger partial charge in [0, 0.05) is 23.5 Å². The Morgan fingerprint density at radius 2 is 1.78 bits per heavy atom. The second-order valence-electron chi connectivity index (χ2n) is 7.45. The monoisotopic (exact) mass is 428 g/mol. The third-order valence-electron chi connectivity index (χ3n) is 5.30. The maximum Gasteiger partial charge on any atom is 0.341 e. The molecule has 4 rings (SSSR count). The summed E-state index contributed by atoms with van der Waals surface area (Å²) < 4.78 is 5.44. The van der Waals surface area contributed by atoms with Crippen LogP contribution < -0.4 is 4.74 Å². The second-order valence-corrected chi connectivity index (χ2v) is 7.45. The average Bonchev–Trinajstić information content (AvgIpc) is 2.83. The molecule has 1 N–H and O–H groups in total. The molecular formula is C26H24N2O4. The van der Waals surface area contributed by atoms with Crippen LogP contribution in [-0.4, -0.2) is 35.0 Å². The number of carbonyl (C=O) groups is 1. The van der Waals surface area contributed by atoms with Crippen molar-refractivity contribution in [2.24, 2.45) is 5.16 Å². The molecule has 3 aromatic rings. The van der Waals surface area contributed by atoms with E-state index < -0.39 is 5.97 Å². The fraction of sp³-hybridized carbons (Fsp3) is 0.192. The minimum Gasteiger partial charge on any atom is -0.482 e. The van der Waals surface area contributed by atoms with Crippen LogP contribution in [0.3, 0.4) is 0 Å². The van der Waals surface area contributed by atoms with E-state index in [0.717, 1.165) is 47.2 Å². The molecule has 0 fully saturated rings. The third-order valence-corrected chi connectivity index (χ3v) is 5.30. The van der Waals surface area contributed by atoms with Gasteiger partial charge in [-0.2, -0.15) is 0 Å². The molecule has 0 saturated heterocycles. The minimum atomic E-state index is -0.974. The highest BCUT2D eigenvalue weighted by Gasteiger charge is 2.17. The van der Waals surface area contributed by atoms with Gasteiger partial charge < -0.3 is 14.7 Å². The van der Waals surface area contributed by atoms with Crippen LogP contribution in [0.2, 0.25) is 0 Å². The van der Waals surface area contributed by atoms with Crippen LogP contribution in [0, 0.1) is 0 Å². The van der Waals surface area contributed by atoms with E-state index in [0.29, 0.717) is 12.4 Å². The van der Waals surface area contributed by atoms with E-state index in [1.807, 2.05) is 54.6 Å². The summed E-state index contributed by atoms with van der Waals surface area (Å²) in [5, 5.41) is 13.3. The number of fused-ring (bicyclic) bond motifs is 1. The zero-order valence-electron chi connectivity index (χ0n) is 17.6. The van der Waals surface area contributed by atoms with Crippen LogP contribution in [-0.2, 0) is 22.5 Å². The lowest BCUT2D eigenvalue weighted by molar-refractivity contribution is -0.139. The van der Waals surface area contributed by atoms with Crippen molar-refractivity contribution in [2.45, 2.75) is 19.3 Å². The SMILES string of the molecule is O=C(O)COc1cccc2c1CC/C(=C/CO/N=C(/c1ccccc1)c1ccncc1)C2. The smallest absolute Gasteiger partial charge is 0.341 e. The normalized spacial score (nSPS) is 14.6. The van der Waals surface area contributed by atoms with Gasteiger partial charge in [0.05, 0.1) is 0 Å². The fourth-order valence-corrected chi connectivity index (χ4v) is 3.76. The predicted octanol–water partition coefficient (Wildman–Crippen LogP) is 4.43. The molecule has 1 aliphatic rings. The number of pyridine rings is 1. The molecule has 0 saturated carbocycles. The highest BCUT2D eigenvalue weighted by molar-refractivity contribution is 6.12. The number of aromatic nitrogens is 1. The third kappa shape index (κ3) is 5.40. The van der Waals surface area contributed by atoms with E-state index in [1.165, 1.54) is 5.57 Å². The van der Waals surface area contributed by atoms with Gasteiger partial charge in [-0.25, -0.2) is 4.79 Å². The number of carboxylic acids is 1. The average molecular weight is 428 g/mol. The molecule has 0 unspecified atom stereocenters. The molecule has 0 spiro atoms. The molecule has 1 aliphatic carbocycles. The summed E-state index contributed by atoms with van der Waals surface area (Å²) in [7, 11) is 0. The van der Waals surface area contributed by atoms with Gasteiger partial charge in [-0.05, 0) is 54.7 Å². The van der Waals surface area contributed by atoms with Crippen LogP contribution in [0.25, 0.3) is 0 Å². The lowest BCUT2D eigenvalue weighted by Crippen LogP contribution is -2.13. The molecule has 1 heterocycles. The van der Waals surface area contributed by atoms with E-state index in [4.69, 9.17) is 14.7 Å². The fourth-order valence-electron chi connectivity index (χ4n) is 3.76. The van der Waals surface area contributed by atoms with Crippen LogP contribution in [0.1, 0.15) is 28.7 Å². The topological polar surface area (TPSA) is 81.0 Å². The van der Waals surface area contributed by atoms with Crippen molar-refractivity contribution in [2.75, 3.05) is 13.2 Å². The van der Waals surface area contributed by atoms with Gasteiger partial charge in [0.1, 0.15) is 18.1 Å². The number of oxime groups is 1. The van der Waals surface area contributed by atoms with Crippen LogP contribution in [0.5, 0.6) is 5.75 Å². The Hall–Kier alpha value is -3.93. The van der Waals surface area contributed by atoms with Crippen molar-refractivity contribution in [1.29, 1.82) is 0 Å². The van der Waals surface area contributed by atoms with Crippen molar-refractivity contribution < 1.29 is 19.5 Å². The molecule has 0 aliphatic heterocycles. The molecule has 0 amide bonds. The summed E-state index contributed by atoms with van der Waals surface area (Å²) in [5.41, 5.74) is 6.21. The van der Waals surface area contributed by atoms with Crippen LogP contribution in [0.4, 0.5) is 0 Å². The van der Waals surface area contributed by atoms with Crippen molar-refractivity contribution in [3.8, 4) is 5.75 Å². The van der Waals surface area contributed by atoms with E-state index >= 15 is 0 Å². The standard InChI is InChI=1S/C26H24N2O4/c29-25(30)18-31-24-8-4-7-22-17-19(9-10-23(22)24)13-16-32-28-26(20-5-2-1-3-6-20)21-11-14-27-15-12-21/h1-8,11-15H,9-10,16-18H2,(H,29,30)/b19-13-,28-26-. The Morgan fingerprint density at radius 3 is 2.56 bits per heavy atom. The van der Waals surface area contributed by atoms with E-state index in [1.54, 1.807) is 12.4 Å². The number of benzene rings is 2. The predicted molar refractivity (Wildman–Crippen MR) is 122 cm³/mol. The minimum absolute atomic E-state index is 0.327. The number of ether oxygens (including phenoxy) is 1. The first-order chi connectivity index (χ1) is 15.7. The molecule has 32 heavy (non-hydrogen) atoms. The Kier molecular flexibility index (Phi) is 6.92. The maximum atomic E-state index is 10.8. The Labute approximate surface area is 186 Å². The summed E-state index contributed by atoms with van der Waals surface area (Å²) in [5.74, 6) is -0.312. The lowest BCUT2D eigenvalue weighted by Gasteiger charge is -2.21. The van der Waals surface area contributed by atoms with Crippen molar-refractivity contribution in [1.82, 2.24) is 4.98 Å². The number of carboxylic acid groups (broad SMARTS) is 1. The van der Waals surface area contributed by atoms with Crippen molar-refractivity contribution in [3.63, 3.8) is 0 Å². The molecule has 0 radical (unpaired) electrons. The van der Waals surface area contributed by atoms with Gasteiger partial charge in [-0.15, -0.1) is 0 Å². The number of aliphatic carboxylic acids is 1.